The predicted molar refractivity (Wildman–Crippen MR) is 77.3 cm³/mol. The zero-order chi connectivity index (χ0) is 15.0. The number of anilines is 1. The molecular weight excluding hydrogens is 275 g/mol. The average Bonchev–Trinajstić information content (AvgIpc) is 2.81. The summed E-state index contributed by atoms with van der Waals surface area (Å²) >= 11 is 0. The monoisotopic (exact) mass is 291 g/mol. The zero-order valence-corrected chi connectivity index (χ0v) is 11.7. The summed E-state index contributed by atoms with van der Waals surface area (Å²) in [6.45, 7) is 2.03. The maximum absolute atomic E-state index is 12.7. The molecule has 0 aliphatic heterocycles. The van der Waals surface area contributed by atoms with E-state index in [9.17, 15) is 13.2 Å². The standard InChI is InChI=1S/C17H16F3N/c1-11-5-6-12-7-8-16(15(12)9-11)21-14-4-2-3-13(10-14)17(18,19)20/h2-6,9-10,16,21H,7-8H2,1H3. The molecule has 1 atom stereocenters. The second-order valence-corrected chi connectivity index (χ2v) is 5.52. The lowest BCUT2D eigenvalue weighted by Gasteiger charge is -2.17. The van der Waals surface area contributed by atoms with Gasteiger partial charge in [-0.3, -0.25) is 0 Å². The van der Waals surface area contributed by atoms with Crippen LogP contribution in [0.5, 0.6) is 0 Å². The Labute approximate surface area is 121 Å². The van der Waals surface area contributed by atoms with Crippen LogP contribution >= 0.6 is 0 Å². The van der Waals surface area contributed by atoms with E-state index in [1.807, 2.05) is 6.92 Å². The molecule has 1 N–H and O–H groups in total. The van der Waals surface area contributed by atoms with Gasteiger partial charge in [0.15, 0.2) is 0 Å². The summed E-state index contributed by atoms with van der Waals surface area (Å²) in [4.78, 5) is 0. The summed E-state index contributed by atoms with van der Waals surface area (Å²) in [6.07, 6.45) is -2.43. The van der Waals surface area contributed by atoms with Crippen molar-refractivity contribution in [2.45, 2.75) is 32.0 Å². The third kappa shape index (κ3) is 2.89. The van der Waals surface area contributed by atoms with Crippen LogP contribution in [-0.2, 0) is 12.6 Å². The Kier molecular flexibility index (Phi) is 3.40. The number of halogens is 3. The van der Waals surface area contributed by atoms with Crippen molar-refractivity contribution in [1.82, 2.24) is 0 Å². The van der Waals surface area contributed by atoms with E-state index in [1.54, 1.807) is 6.07 Å². The minimum Gasteiger partial charge on any atom is -0.378 e. The summed E-state index contributed by atoms with van der Waals surface area (Å²) in [6, 6.07) is 11.8. The highest BCUT2D eigenvalue weighted by Gasteiger charge is 2.31. The molecule has 1 nitrogen and oxygen atoms in total. The Morgan fingerprint density at radius 2 is 1.90 bits per heavy atom. The first-order valence-corrected chi connectivity index (χ1v) is 6.97. The van der Waals surface area contributed by atoms with Crippen molar-refractivity contribution >= 4 is 5.69 Å². The second-order valence-electron chi connectivity index (χ2n) is 5.52. The molecule has 4 heteroatoms. The van der Waals surface area contributed by atoms with Gasteiger partial charge >= 0.3 is 6.18 Å². The smallest absolute Gasteiger partial charge is 0.378 e. The van der Waals surface area contributed by atoms with E-state index in [0.717, 1.165) is 18.9 Å². The van der Waals surface area contributed by atoms with Gasteiger partial charge in [-0.2, -0.15) is 13.2 Å². The van der Waals surface area contributed by atoms with Crippen molar-refractivity contribution < 1.29 is 13.2 Å². The highest BCUT2D eigenvalue weighted by Crippen LogP contribution is 2.36. The molecule has 2 aromatic rings. The second kappa shape index (κ2) is 5.10. The minimum absolute atomic E-state index is 0.0865. The first-order chi connectivity index (χ1) is 9.93. The molecule has 0 saturated carbocycles. The molecule has 21 heavy (non-hydrogen) atoms. The van der Waals surface area contributed by atoms with Crippen LogP contribution < -0.4 is 5.32 Å². The molecule has 0 spiro atoms. The fourth-order valence-electron chi connectivity index (χ4n) is 2.86. The van der Waals surface area contributed by atoms with E-state index < -0.39 is 11.7 Å². The zero-order valence-electron chi connectivity index (χ0n) is 11.7. The molecule has 3 rings (SSSR count). The predicted octanol–water partition coefficient (Wildman–Crippen LogP) is 5.11. The van der Waals surface area contributed by atoms with E-state index in [1.165, 1.54) is 28.8 Å². The number of rotatable bonds is 2. The molecule has 2 aromatic carbocycles. The molecule has 0 amide bonds. The summed E-state index contributed by atoms with van der Waals surface area (Å²) in [5, 5.41) is 3.24. The fourth-order valence-corrected chi connectivity index (χ4v) is 2.86. The van der Waals surface area contributed by atoms with Crippen LogP contribution in [-0.4, -0.2) is 0 Å². The van der Waals surface area contributed by atoms with E-state index in [2.05, 4.69) is 23.5 Å². The molecule has 1 aliphatic carbocycles. The molecule has 0 fully saturated rings. The molecule has 0 aromatic heterocycles. The van der Waals surface area contributed by atoms with Gasteiger partial charge in [0.05, 0.1) is 11.6 Å². The lowest BCUT2D eigenvalue weighted by molar-refractivity contribution is -0.137. The number of benzene rings is 2. The van der Waals surface area contributed by atoms with E-state index in [0.29, 0.717) is 5.69 Å². The summed E-state index contributed by atoms with van der Waals surface area (Å²) in [5.41, 5.74) is 3.56. The van der Waals surface area contributed by atoms with Crippen LogP contribution in [0.3, 0.4) is 0 Å². The number of hydrogen-bond donors (Lipinski definition) is 1. The fraction of sp³-hybridized carbons (Fsp3) is 0.294. The average molecular weight is 291 g/mol. The summed E-state index contributed by atoms with van der Waals surface area (Å²) in [7, 11) is 0. The van der Waals surface area contributed by atoms with Crippen LogP contribution in [0.2, 0.25) is 0 Å². The normalized spacial score (nSPS) is 17.6. The number of nitrogens with one attached hydrogen (secondary N) is 1. The Morgan fingerprint density at radius 3 is 2.67 bits per heavy atom. The van der Waals surface area contributed by atoms with Gasteiger partial charge in [-0.25, -0.2) is 0 Å². The highest BCUT2D eigenvalue weighted by molar-refractivity contribution is 5.51. The molecule has 1 unspecified atom stereocenters. The van der Waals surface area contributed by atoms with Gasteiger partial charge in [0, 0.05) is 5.69 Å². The van der Waals surface area contributed by atoms with Crippen molar-refractivity contribution in [3.8, 4) is 0 Å². The first-order valence-electron chi connectivity index (χ1n) is 6.97. The highest BCUT2D eigenvalue weighted by atomic mass is 19.4. The molecular formula is C17H16F3N. The molecule has 0 bridgehead atoms. The Bertz CT molecular complexity index is 661. The molecule has 0 radical (unpaired) electrons. The van der Waals surface area contributed by atoms with Crippen LogP contribution in [0, 0.1) is 6.92 Å². The van der Waals surface area contributed by atoms with Crippen molar-refractivity contribution in [3.05, 3.63) is 64.7 Å². The third-order valence-electron chi connectivity index (χ3n) is 3.91. The van der Waals surface area contributed by atoms with Gasteiger partial charge in [-0.1, -0.05) is 29.8 Å². The van der Waals surface area contributed by atoms with Crippen molar-refractivity contribution in [2.75, 3.05) is 5.32 Å². The lowest BCUT2D eigenvalue weighted by atomic mass is 10.0. The number of alkyl halides is 3. The van der Waals surface area contributed by atoms with Crippen LogP contribution in [0.15, 0.2) is 42.5 Å². The van der Waals surface area contributed by atoms with Gasteiger partial charge in [-0.05, 0) is 49.1 Å². The number of hydrogen-bond acceptors (Lipinski definition) is 1. The maximum atomic E-state index is 12.7. The Balaban J connectivity index is 1.85. The van der Waals surface area contributed by atoms with E-state index in [-0.39, 0.29) is 6.04 Å². The molecule has 0 heterocycles. The van der Waals surface area contributed by atoms with Crippen LogP contribution in [0.25, 0.3) is 0 Å². The Morgan fingerprint density at radius 1 is 1.10 bits per heavy atom. The summed E-state index contributed by atoms with van der Waals surface area (Å²) in [5.74, 6) is 0. The van der Waals surface area contributed by atoms with E-state index >= 15 is 0 Å². The molecule has 0 saturated heterocycles. The quantitative estimate of drug-likeness (QED) is 0.810. The van der Waals surface area contributed by atoms with Gasteiger partial charge in [0.25, 0.3) is 0 Å². The van der Waals surface area contributed by atoms with Crippen molar-refractivity contribution in [1.29, 1.82) is 0 Å². The van der Waals surface area contributed by atoms with Crippen molar-refractivity contribution in [3.63, 3.8) is 0 Å². The van der Waals surface area contributed by atoms with Crippen LogP contribution in [0.1, 0.15) is 34.7 Å². The van der Waals surface area contributed by atoms with Crippen LogP contribution in [0.4, 0.5) is 18.9 Å². The SMILES string of the molecule is Cc1ccc2c(c1)C(Nc1cccc(C(F)(F)F)c1)CC2. The molecule has 1 aliphatic rings. The number of fused-ring (bicyclic) bond motifs is 1. The van der Waals surface area contributed by atoms with Gasteiger partial charge in [0.2, 0.25) is 0 Å². The maximum Gasteiger partial charge on any atom is 0.416 e. The van der Waals surface area contributed by atoms with Crippen molar-refractivity contribution in [2.24, 2.45) is 0 Å². The number of aryl methyl sites for hydroxylation is 2. The van der Waals surface area contributed by atoms with Gasteiger partial charge in [0.1, 0.15) is 0 Å². The first kappa shape index (κ1) is 14.0. The lowest BCUT2D eigenvalue weighted by Crippen LogP contribution is -2.09. The summed E-state index contributed by atoms with van der Waals surface area (Å²) < 4.78 is 38.2. The van der Waals surface area contributed by atoms with E-state index in [4.69, 9.17) is 0 Å². The minimum atomic E-state index is -4.30. The topological polar surface area (TPSA) is 12.0 Å². The van der Waals surface area contributed by atoms with Gasteiger partial charge < -0.3 is 5.32 Å². The van der Waals surface area contributed by atoms with Gasteiger partial charge in [-0.15, -0.1) is 0 Å². The molecule has 110 valence electrons. The largest absolute Gasteiger partial charge is 0.416 e. The Hall–Kier alpha value is -1.97. The third-order valence-corrected chi connectivity index (χ3v) is 3.91.